The summed E-state index contributed by atoms with van der Waals surface area (Å²) in [5.74, 6) is 0. The molecule has 0 fully saturated rings. The van der Waals surface area contributed by atoms with E-state index in [2.05, 4.69) is 4.90 Å². The number of aliphatic hydroxyl groups is 2. The Balaban J connectivity index is 2.46. The van der Waals surface area contributed by atoms with Crippen LogP contribution in [0.25, 0.3) is 0 Å². The first-order valence-corrected chi connectivity index (χ1v) is 6.32. The molecule has 0 radical (unpaired) electrons. The number of likely N-dealkylation sites (N-methyl/N-ethyl adjacent to an activating group) is 1. The summed E-state index contributed by atoms with van der Waals surface area (Å²) in [6.45, 7) is 4.49. The standard InChI is InChI=1S/C13H20ClNO2/c1-2-15(8-9-16)7-6-13(17)11-4-3-5-12(14)10-11/h3-5,10,13,16-17H,2,6-9H2,1H3. The smallest absolute Gasteiger partial charge is 0.0802 e. The maximum Gasteiger partial charge on any atom is 0.0802 e. The molecule has 1 aromatic rings. The van der Waals surface area contributed by atoms with E-state index in [9.17, 15) is 5.11 Å². The first kappa shape index (κ1) is 14.5. The van der Waals surface area contributed by atoms with Crippen molar-refractivity contribution < 1.29 is 10.2 Å². The summed E-state index contributed by atoms with van der Waals surface area (Å²) in [7, 11) is 0. The van der Waals surface area contributed by atoms with Gasteiger partial charge in [-0.1, -0.05) is 30.7 Å². The van der Waals surface area contributed by atoms with E-state index in [0.717, 1.165) is 18.7 Å². The Morgan fingerprint density at radius 3 is 2.71 bits per heavy atom. The molecule has 1 aromatic carbocycles. The lowest BCUT2D eigenvalue weighted by molar-refractivity contribution is 0.133. The highest BCUT2D eigenvalue weighted by molar-refractivity contribution is 6.30. The van der Waals surface area contributed by atoms with Crippen LogP contribution in [0.3, 0.4) is 0 Å². The fraction of sp³-hybridized carbons (Fsp3) is 0.538. The van der Waals surface area contributed by atoms with E-state index >= 15 is 0 Å². The molecule has 2 N–H and O–H groups in total. The minimum Gasteiger partial charge on any atom is -0.395 e. The van der Waals surface area contributed by atoms with Crippen LogP contribution in [0.15, 0.2) is 24.3 Å². The van der Waals surface area contributed by atoms with E-state index < -0.39 is 6.10 Å². The highest BCUT2D eigenvalue weighted by atomic mass is 35.5. The van der Waals surface area contributed by atoms with Crippen LogP contribution in [-0.2, 0) is 0 Å². The van der Waals surface area contributed by atoms with Gasteiger partial charge >= 0.3 is 0 Å². The Morgan fingerprint density at radius 1 is 1.35 bits per heavy atom. The maximum absolute atomic E-state index is 10.0. The quantitative estimate of drug-likeness (QED) is 0.786. The Labute approximate surface area is 108 Å². The van der Waals surface area contributed by atoms with E-state index in [1.54, 1.807) is 12.1 Å². The van der Waals surface area contributed by atoms with Crippen molar-refractivity contribution in [2.45, 2.75) is 19.4 Å². The molecule has 0 amide bonds. The van der Waals surface area contributed by atoms with Crippen molar-refractivity contribution in [2.24, 2.45) is 0 Å². The van der Waals surface area contributed by atoms with E-state index in [-0.39, 0.29) is 6.61 Å². The summed E-state index contributed by atoms with van der Waals surface area (Å²) in [4.78, 5) is 2.10. The van der Waals surface area contributed by atoms with Crippen molar-refractivity contribution in [2.75, 3.05) is 26.2 Å². The second-order valence-electron chi connectivity index (χ2n) is 4.02. The van der Waals surface area contributed by atoms with Gasteiger partial charge in [-0.05, 0) is 30.7 Å². The van der Waals surface area contributed by atoms with Gasteiger partial charge in [0.15, 0.2) is 0 Å². The Morgan fingerprint density at radius 2 is 2.12 bits per heavy atom. The van der Waals surface area contributed by atoms with Crippen LogP contribution in [0.2, 0.25) is 5.02 Å². The summed E-state index contributed by atoms with van der Waals surface area (Å²) in [5.41, 5.74) is 0.845. The van der Waals surface area contributed by atoms with Crippen molar-refractivity contribution in [3.8, 4) is 0 Å². The third kappa shape index (κ3) is 5.04. The number of aliphatic hydroxyl groups excluding tert-OH is 2. The molecule has 17 heavy (non-hydrogen) atoms. The molecule has 0 aliphatic carbocycles. The Kier molecular flexibility index (Phi) is 6.52. The highest BCUT2D eigenvalue weighted by Gasteiger charge is 2.10. The summed E-state index contributed by atoms with van der Waals surface area (Å²) in [6.07, 6.45) is 0.148. The second kappa shape index (κ2) is 7.67. The van der Waals surface area contributed by atoms with Crippen LogP contribution in [-0.4, -0.2) is 41.4 Å². The predicted molar refractivity (Wildman–Crippen MR) is 70.2 cm³/mol. The van der Waals surface area contributed by atoms with Gasteiger partial charge in [0.1, 0.15) is 0 Å². The van der Waals surface area contributed by atoms with Gasteiger partial charge in [-0.15, -0.1) is 0 Å². The molecule has 0 saturated heterocycles. The third-order valence-corrected chi connectivity index (χ3v) is 3.05. The summed E-state index contributed by atoms with van der Waals surface area (Å²) in [6, 6.07) is 7.29. The lowest BCUT2D eigenvalue weighted by Crippen LogP contribution is -2.28. The van der Waals surface area contributed by atoms with Crippen molar-refractivity contribution in [1.82, 2.24) is 4.90 Å². The fourth-order valence-corrected chi connectivity index (χ4v) is 1.95. The number of halogens is 1. The highest BCUT2D eigenvalue weighted by Crippen LogP contribution is 2.20. The lowest BCUT2D eigenvalue weighted by atomic mass is 10.1. The zero-order chi connectivity index (χ0) is 12.7. The molecular formula is C13H20ClNO2. The van der Waals surface area contributed by atoms with Crippen LogP contribution in [0.1, 0.15) is 25.0 Å². The number of hydrogen-bond acceptors (Lipinski definition) is 3. The van der Waals surface area contributed by atoms with Gasteiger partial charge in [-0.25, -0.2) is 0 Å². The van der Waals surface area contributed by atoms with Gasteiger partial charge in [0.05, 0.1) is 12.7 Å². The van der Waals surface area contributed by atoms with E-state index in [1.807, 2.05) is 19.1 Å². The first-order chi connectivity index (χ1) is 8.17. The molecule has 1 unspecified atom stereocenters. The van der Waals surface area contributed by atoms with Crippen LogP contribution >= 0.6 is 11.6 Å². The van der Waals surface area contributed by atoms with E-state index in [4.69, 9.17) is 16.7 Å². The molecule has 0 saturated carbocycles. The fourth-order valence-electron chi connectivity index (χ4n) is 1.75. The predicted octanol–water partition coefficient (Wildman–Crippen LogP) is 2.08. The van der Waals surface area contributed by atoms with Crippen molar-refractivity contribution in [3.05, 3.63) is 34.9 Å². The lowest BCUT2D eigenvalue weighted by Gasteiger charge is -2.21. The molecule has 0 aliphatic rings. The number of rotatable bonds is 7. The van der Waals surface area contributed by atoms with E-state index in [1.165, 1.54) is 0 Å². The molecule has 0 aliphatic heterocycles. The molecule has 3 nitrogen and oxygen atoms in total. The average Bonchev–Trinajstić information content (AvgIpc) is 2.34. The van der Waals surface area contributed by atoms with Crippen LogP contribution in [0.4, 0.5) is 0 Å². The minimum atomic E-state index is -0.499. The Hall–Kier alpha value is -0.610. The zero-order valence-corrected chi connectivity index (χ0v) is 10.9. The molecule has 4 heteroatoms. The van der Waals surface area contributed by atoms with Crippen molar-refractivity contribution >= 4 is 11.6 Å². The SMILES string of the molecule is CCN(CCO)CCC(O)c1cccc(Cl)c1. The van der Waals surface area contributed by atoms with Gasteiger partial charge < -0.3 is 15.1 Å². The summed E-state index contributed by atoms with van der Waals surface area (Å²) in [5, 5.41) is 19.5. The molecule has 0 heterocycles. The van der Waals surface area contributed by atoms with Crippen LogP contribution < -0.4 is 0 Å². The summed E-state index contributed by atoms with van der Waals surface area (Å²) < 4.78 is 0. The maximum atomic E-state index is 10.0. The third-order valence-electron chi connectivity index (χ3n) is 2.82. The van der Waals surface area contributed by atoms with Crippen LogP contribution in [0.5, 0.6) is 0 Å². The zero-order valence-electron chi connectivity index (χ0n) is 10.1. The van der Waals surface area contributed by atoms with Gasteiger partial charge in [-0.3, -0.25) is 0 Å². The molecule has 0 spiro atoms. The summed E-state index contributed by atoms with van der Waals surface area (Å²) >= 11 is 5.87. The van der Waals surface area contributed by atoms with Gasteiger partial charge in [0.25, 0.3) is 0 Å². The second-order valence-corrected chi connectivity index (χ2v) is 4.45. The number of benzene rings is 1. The molecular weight excluding hydrogens is 238 g/mol. The average molecular weight is 258 g/mol. The van der Waals surface area contributed by atoms with E-state index in [0.29, 0.717) is 18.0 Å². The van der Waals surface area contributed by atoms with Crippen LogP contribution in [0, 0.1) is 0 Å². The van der Waals surface area contributed by atoms with Gasteiger partial charge in [0.2, 0.25) is 0 Å². The molecule has 0 bridgehead atoms. The van der Waals surface area contributed by atoms with Gasteiger partial charge in [-0.2, -0.15) is 0 Å². The number of nitrogens with zero attached hydrogens (tertiary/aromatic N) is 1. The Bertz CT molecular complexity index is 333. The monoisotopic (exact) mass is 257 g/mol. The minimum absolute atomic E-state index is 0.154. The molecule has 1 rings (SSSR count). The first-order valence-electron chi connectivity index (χ1n) is 5.94. The molecule has 0 aromatic heterocycles. The van der Waals surface area contributed by atoms with Crippen molar-refractivity contribution in [1.29, 1.82) is 0 Å². The van der Waals surface area contributed by atoms with Gasteiger partial charge in [0, 0.05) is 18.1 Å². The normalized spacial score (nSPS) is 13.0. The number of hydrogen-bond donors (Lipinski definition) is 2. The van der Waals surface area contributed by atoms with Crippen molar-refractivity contribution in [3.63, 3.8) is 0 Å². The largest absolute Gasteiger partial charge is 0.395 e. The molecule has 1 atom stereocenters. The topological polar surface area (TPSA) is 43.7 Å². The molecule has 96 valence electrons.